The van der Waals surface area contributed by atoms with Crippen LogP contribution in [0.4, 0.5) is 10.1 Å². The third kappa shape index (κ3) is 2.70. The standard InChI is InChI=1S/C19H14FN3OS/c20-13-8-4-5-9-15(13)23-10-16(24)17(18(23)21)19-22-14(11-25-19)12-6-2-1-3-7-12/h1-9,11,21,24H,10H2. The summed E-state index contributed by atoms with van der Waals surface area (Å²) in [5.74, 6) is -0.343. The molecule has 1 aliphatic rings. The zero-order valence-corrected chi connectivity index (χ0v) is 13.9. The number of aliphatic hydroxyl groups is 1. The van der Waals surface area contributed by atoms with Crippen LogP contribution in [0.1, 0.15) is 5.01 Å². The van der Waals surface area contributed by atoms with Crippen molar-refractivity contribution < 1.29 is 9.50 Å². The molecule has 4 rings (SSSR count). The van der Waals surface area contributed by atoms with Gasteiger partial charge in [0.1, 0.15) is 22.4 Å². The summed E-state index contributed by atoms with van der Waals surface area (Å²) in [6, 6.07) is 16.0. The fraction of sp³-hybridized carbons (Fsp3) is 0.0526. The molecule has 1 aromatic heterocycles. The molecule has 0 saturated carbocycles. The molecule has 0 bridgehead atoms. The Kier molecular flexibility index (Phi) is 3.82. The SMILES string of the molecule is N=C1C(c2nc(-c3ccccc3)cs2)=C(O)CN1c1ccccc1F. The molecule has 0 fully saturated rings. The zero-order chi connectivity index (χ0) is 17.4. The van der Waals surface area contributed by atoms with Crippen LogP contribution in [-0.2, 0) is 0 Å². The molecule has 0 unspecified atom stereocenters. The van der Waals surface area contributed by atoms with E-state index in [9.17, 15) is 9.50 Å². The molecule has 2 N–H and O–H groups in total. The number of aromatic nitrogens is 1. The molecule has 0 spiro atoms. The van der Waals surface area contributed by atoms with Crippen LogP contribution in [0.3, 0.4) is 0 Å². The van der Waals surface area contributed by atoms with Crippen LogP contribution in [0.2, 0.25) is 0 Å². The van der Waals surface area contributed by atoms with Crippen molar-refractivity contribution in [2.45, 2.75) is 0 Å². The Morgan fingerprint density at radius 3 is 2.56 bits per heavy atom. The monoisotopic (exact) mass is 351 g/mol. The van der Waals surface area contributed by atoms with Crippen molar-refractivity contribution in [2.75, 3.05) is 11.4 Å². The Bertz CT molecular complexity index is 981. The van der Waals surface area contributed by atoms with E-state index in [-0.39, 0.29) is 23.8 Å². The van der Waals surface area contributed by atoms with Gasteiger partial charge in [-0.25, -0.2) is 9.37 Å². The van der Waals surface area contributed by atoms with Crippen LogP contribution in [0, 0.1) is 11.2 Å². The number of aliphatic hydroxyl groups excluding tert-OH is 1. The Morgan fingerprint density at radius 2 is 1.80 bits per heavy atom. The van der Waals surface area contributed by atoms with Gasteiger partial charge in [0.05, 0.1) is 23.5 Å². The molecule has 124 valence electrons. The molecule has 0 radical (unpaired) electrons. The smallest absolute Gasteiger partial charge is 0.146 e. The minimum Gasteiger partial charge on any atom is -0.510 e. The Balaban J connectivity index is 1.68. The summed E-state index contributed by atoms with van der Waals surface area (Å²) in [5, 5.41) is 21.2. The van der Waals surface area contributed by atoms with Crippen LogP contribution in [0.5, 0.6) is 0 Å². The van der Waals surface area contributed by atoms with Crippen LogP contribution >= 0.6 is 11.3 Å². The maximum Gasteiger partial charge on any atom is 0.146 e. The highest BCUT2D eigenvalue weighted by Gasteiger charge is 2.32. The number of benzene rings is 2. The van der Waals surface area contributed by atoms with E-state index in [2.05, 4.69) is 4.98 Å². The maximum absolute atomic E-state index is 14.0. The Labute approximate surface area is 148 Å². The molecule has 4 nitrogen and oxygen atoms in total. The van der Waals surface area contributed by atoms with E-state index in [0.29, 0.717) is 10.6 Å². The predicted molar refractivity (Wildman–Crippen MR) is 98.6 cm³/mol. The number of nitrogens with one attached hydrogen (secondary N) is 1. The fourth-order valence-corrected chi connectivity index (χ4v) is 3.71. The second kappa shape index (κ2) is 6.14. The van der Waals surface area contributed by atoms with Gasteiger partial charge in [-0.15, -0.1) is 11.3 Å². The minimum atomic E-state index is -0.426. The molecule has 3 aromatic rings. The molecule has 25 heavy (non-hydrogen) atoms. The lowest BCUT2D eigenvalue weighted by Gasteiger charge is -2.19. The first-order valence-electron chi connectivity index (χ1n) is 7.69. The van der Waals surface area contributed by atoms with Crippen molar-refractivity contribution in [2.24, 2.45) is 0 Å². The molecule has 1 aliphatic heterocycles. The van der Waals surface area contributed by atoms with Gasteiger partial charge in [-0.3, -0.25) is 5.41 Å². The third-order valence-corrected chi connectivity index (χ3v) is 4.89. The van der Waals surface area contributed by atoms with E-state index in [1.165, 1.54) is 22.3 Å². The fourth-order valence-electron chi connectivity index (χ4n) is 2.81. The first kappa shape index (κ1) is 15.5. The van der Waals surface area contributed by atoms with Crippen molar-refractivity contribution in [3.63, 3.8) is 0 Å². The van der Waals surface area contributed by atoms with E-state index < -0.39 is 5.82 Å². The molecule has 0 saturated heterocycles. The third-order valence-electron chi connectivity index (χ3n) is 4.03. The first-order chi connectivity index (χ1) is 12.1. The highest BCUT2D eigenvalue weighted by atomic mass is 32.1. The normalized spacial score (nSPS) is 14.4. The number of halogens is 1. The minimum absolute atomic E-state index is 0.0298. The molecule has 6 heteroatoms. The first-order valence-corrected chi connectivity index (χ1v) is 8.57. The van der Waals surface area contributed by atoms with E-state index in [1.807, 2.05) is 35.7 Å². The van der Waals surface area contributed by atoms with Crippen LogP contribution in [0.15, 0.2) is 65.7 Å². The van der Waals surface area contributed by atoms with E-state index in [1.54, 1.807) is 18.2 Å². The number of para-hydroxylation sites is 1. The van der Waals surface area contributed by atoms with Gasteiger partial charge in [-0.2, -0.15) is 0 Å². The summed E-state index contributed by atoms with van der Waals surface area (Å²) in [6.45, 7) is 0.0648. The quantitative estimate of drug-likeness (QED) is 0.718. The van der Waals surface area contributed by atoms with E-state index in [0.717, 1.165) is 11.3 Å². The molecule has 0 aliphatic carbocycles. The maximum atomic E-state index is 14.0. The van der Waals surface area contributed by atoms with Crippen molar-refractivity contribution in [1.29, 1.82) is 5.41 Å². The van der Waals surface area contributed by atoms with Gasteiger partial charge < -0.3 is 10.0 Å². The summed E-state index contributed by atoms with van der Waals surface area (Å²) in [5.41, 5.74) is 2.39. The van der Waals surface area contributed by atoms with Crippen LogP contribution in [-0.4, -0.2) is 22.5 Å². The second-order valence-corrected chi connectivity index (χ2v) is 6.47. The van der Waals surface area contributed by atoms with Crippen molar-refractivity contribution in [1.82, 2.24) is 4.98 Å². The van der Waals surface area contributed by atoms with Gasteiger partial charge >= 0.3 is 0 Å². The van der Waals surface area contributed by atoms with Crippen LogP contribution < -0.4 is 4.90 Å². The Hall–Kier alpha value is -2.99. The molecular formula is C19H14FN3OS. The summed E-state index contributed by atoms with van der Waals surface area (Å²) in [6.07, 6.45) is 0. The molecular weight excluding hydrogens is 337 g/mol. The molecule has 0 amide bonds. The van der Waals surface area contributed by atoms with Crippen molar-refractivity contribution in [3.05, 3.63) is 76.6 Å². The lowest BCUT2D eigenvalue weighted by Crippen LogP contribution is -2.26. The number of amidine groups is 1. The lowest BCUT2D eigenvalue weighted by molar-refractivity contribution is 0.411. The van der Waals surface area contributed by atoms with Gasteiger partial charge in [0.15, 0.2) is 0 Å². The number of anilines is 1. The summed E-state index contributed by atoms with van der Waals surface area (Å²) < 4.78 is 14.0. The predicted octanol–water partition coefficient (Wildman–Crippen LogP) is 4.72. The molecule has 2 heterocycles. The molecule has 0 atom stereocenters. The number of hydrogen-bond donors (Lipinski definition) is 2. The van der Waals surface area contributed by atoms with Gasteiger partial charge in [-0.05, 0) is 12.1 Å². The summed E-state index contributed by atoms with van der Waals surface area (Å²) in [4.78, 5) is 6.00. The van der Waals surface area contributed by atoms with E-state index in [4.69, 9.17) is 5.41 Å². The average molecular weight is 351 g/mol. The number of thiazole rings is 1. The van der Waals surface area contributed by atoms with Gasteiger partial charge in [0.2, 0.25) is 0 Å². The van der Waals surface area contributed by atoms with Gasteiger partial charge in [-0.1, -0.05) is 42.5 Å². The molecule has 2 aromatic carbocycles. The Morgan fingerprint density at radius 1 is 1.08 bits per heavy atom. The average Bonchev–Trinajstić information content (AvgIpc) is 3.21. The highest BCUT2D eigenvalue weighted by molar-refractivity contribution is 7.11. The number of nitrogens with zero attached hydrogens (tertiary/aromatic N) is 2. The number of hydrogen-bond acceptors (Lipinski definition) is 4. The highest BCUT2D eigenvalue weighted by Crippen LogP contribution is 2.35. The number of rotatable bonds is 3. The zero-order valence-electron chi connectivity index (χ0n) is 13.1. The largest absolute Gasteiger partial charge is 0.510 e. The summed E-state index contributed by atoms with van der Waals surface area (Å²) in [7, 11) is 0. The van der Waals surface area contributed by atoms with Crippen molar-refractivity contribution >= 4 is 28.4 Å². The van der Waals surface area contributed by atoms with Gasteiger partial charge in [0.25, 0.3) is 0 Å². The van der Waals surface area contributed by atoms with Crippen molar-refractivity contribution in [3.8, 4) is 11.3 Å². The van der Waals surface area contributed by atoms with Gasteiger partial charge in [0, 0.05) is 10.9 Å². The lowest BCUT2D eigenvalue weighted by atomic mass is 10.2. The van der Waals surface area contributed by atoms with E-state index >= 15 is 0 Å². The van der Waals surface area contributed by atoms with Crippen LogP contribution in [0.25, 0.3) is 16.8 Å². The topological polar surface area (TPSA) is 60.2 Å². The second-order valence-electron chi connectivity index (χ2n) is 5.61. The summed E-state index contributed by atoms with van der Waals surface area (Å²) >= 11 is 1.36.